The van der Waals surface area contributed by atoms with Crippen molar-refractivity contribution in [2.45, 2.75) is 19.3 Å². The quantitative estimate of drug-likeness (QED) is 0.617. The lowest BCUT2D eigenvalue weighted by Crippen LogP contribution is -2.45. The highest BCUT2D eigenvalue weighted by molar-refractivity contribution is 7.80. The third kappa shape index (κ3) is 2.38. The average Bonchev–Trinajstić information content (AvgIpc) is 2.03. The van der Waals surface area contributed by atoms with Gasteiger partial charge in [0.2, 0.25) is 5.91 Å². The third-order valence-corrected chi connectivity index (χ3v) is 2.17. The van der Waals surface area contributed by atoms with Crippen LogP contribution in [0, 0.1) is 5.92 Å². The summed E-state index contributed by atoms with van der Waals surface area (Å²) in [5.74, 6) is 0.265. The van der Waals surface area contributed by atoms with E-state index in [1.165, 1.54) is 0 Å². The predicted molar refractivity (Wildman–Crippen MR) is 50.1 cm³/mol. The molecule has 1 saturated heterocycles. The summed E-state index contributed by atoms with van der Waals surface area (Å²) >= 11 is 4.17. The molecule has 0 N–H and O–H groups in total. The monoisotopic (exact) mass is 189 g/mol. The zero-order valence-corrected chi connectivity index (χ0v) is 8.38. The van der Waals surface area contributed by atoms with Gasteiger partial charge in [-0.15, -0.1) is 12.6 Å². The molecule has 0 aliphatic carbocycles. The van der Waals surface area contributed by atoms with E-state index in [2.05, 4.69) is 12.6 Å². The fourth-order valence-electron chi connectivity index (χ4n) is 1.20. The van der Waals surface area contributed by atoms with Crippen molar-refractivity contribution in [2.75, 3.05) is 19.7 Å². The van der Waals surface area contributed by atoms with E-state index in [4.69, 9.17) is 4.74 Å². The van der Waals surface area contributed by atoms with Gasteiger partial charge < -0.3 is 9.64 Å². The lowest BCUT2D eigenvalue weighted by atomic mass is 10.2. The first-order valence-electron chi connectivity index (χ1n) is 4.19. The van der Waals surface area contributed by atoms with Gasteiger partial charge in [0.15, 0.2) is 0 Å². The van der Waals surface area contributed by atoms with E-state index < -0.39 is 0 Å². The minimum absolute atomic E-state index is 0.0728. The minimum Gasteiger partial charge on any atom is -0.364 e. The molecule has 0 radical (unpaired) electrons. The Morgan fingerprint density at radius 2 is 2.33 bits per heavy atom. The highest BCUT2D eigenvalue weighted by Gasteiger charge is 2.23. The molecule has 0 bridgehead atoms. The molecule has 1 atom stereocenters. The topological polar surface area (TPSA) is 29.5 Å². The molecule has 1 unspecified atom stereocenters. The van der Waals surface area contributed by atoms with Crippen molar-refractivity contribution in [1.82, 2.24) is 4.90 Å². The van der Waals surface area contributed by atoms with E-state index in [1.807, 2.05) is 18.7 Å². The number of hydrogen-bond donors (Lipinski definition) is 1. The smallest absolute Gasteiger partial charge is 0.225 e. The number of ether oxygens (including phenoxy) is 1. The van der Waals surface area contributed by atoms with Crippen LogP contribution in [0.2, 0.25) is 0 Å². The first kappa shape index (κ1) is 9.86. The van der Waals surface area contributed by atoms with Gasteiger partial charge in [-0.3, -0.25) is 4.79 Å². The Labute approximate surface area is 78.5 Å². The van der Waals surface area contributed by atoms with E-state index in [9.17, 15) is 4.79 Å². The van der Waals surface area contributed by atoms with Crippen molar-refractivity contribution in [1.29, 1.82) is 0 Å². The molecule has 1 amide bonds. The van der Waals surface area contributed by atoms with Crippen molar-refractivity contribution in [2.24, 2.45) is 5.92 Å². The molecule has 0 aromatic carbocycles. The Morgan fingerprint density at radius 3 is 2.83 bits per heavy atom. The maximum atomic E-state index is 11.5. The maximum absolute atomic E-state index is 11.5. The van der Waals surface area contributed by atoms with Crippen LogP contribution in [-0.4, -0.2) is 35.9 Å². The van der Waals surface area contributed by atoms with E-state index >= 15 is 0 Å². The normalized spacial score (nSPS) is 24.7. The van der Waals surface area contributed by atoms with E-state index in [0.29, 0.717) is 19.7 Å². The summed E-state index contributed by atoms with van der Waals surface area (Å²) in [5, 5.41) is 0. The largest absolute Gasteiger partial charge is 0.364 e. The van der Waals surface area contributed by atoms with Gasteiger partial charge in [0.05, 0.1) is 13.2 Å². The molecule has 0 aromatic heterocycles. The molecular weight excluding hydrogens is 174 g/mol. The molecule has 1 rings (SSSR count). The summed E-state index contributed by atoms with van der Waals surface area (Å²) < 4.78 is 5.21. The highest BCUT2D eigenvalue weighted by Crippen LogP contribution is 2.10. The maximum Gasteiger partial charge on any atom is 0.225 e. The van der Waals surface area contributed by atoms with Crippen LogP contribution in [-0.2, 0) is 9.53 Å². The molecule has 0 spiro atoms. The molecule has 12 heavy (non-hydrogen) atoms. The number of carbonyl (C=O) groups excluding carboxylic acids is 1. The highest BCUT2D eigenvalue weighted by atomic mass is 32.1. The second-order valence-corrected chi connectivity index (χ2v) is 3.84. The third-order valence-electron chi connectivity index (χ3n) is 1.85. The van der Waals surface area contributed by atoms with Gasteiger partial charge in [-0.1, -0.05) is 13.8 Å². The lowest BCUT2D eigenvalue weighted by Gasteiger charge is -2.31. The second-order valence-electron chi connectivity index (χ2n) is 3.26. The molecule has 1 aliphatic rings. The van der Waals surface area contributed by atoms with Gasteiger partial charge in [-0.05, 0) is 0 Å². The van der Waals surface area contributed by atoms with E-state index in [1.54, 1.807) is 0 Å². The van der Waals surface area contributed by atoms with Gasteiger partial charge in [0.1, 0.15) is 5.44 Å². The van der Waals surface area contributed by atoms with Crippen LogP contribution < -0.4 is 0 Å². The SMILES string of the molecule is CC(C)C(=O)N1CCOC(S)C1. The van der Waals surface area contributed by atoms with Gasteiger partial charge in [-0.25, -0.2) is 0 Å². The summed E-state index contributed by atoms with van der Waals surface area (Å²) in [5.41, 5.74) is -0.110. The van der Waals surface area contributed by atoms with Gasteiger partial charge in [0, 0.05) is 12.5 Å². The molecule has 4 heteroatoms. The zero-order chi connectivity index (χ0) is 9.14. The van der Waals surface area contributed by atoms with Crippen molar-refractivity contribution in [3.05, 3.63) is 0 Å². The minimum atomic E-state index is -0.110. The van der Waals surface area contributed by atoms with Crippen LogP contribution in [0.4, 0.5) is 0 Å². The van der Waals surface area contributed by atoms with Crippen LogP contribution in [0.5, 0.6) is 0 Å². The second kappa shape index (κ2) is 4.14. The fraction of sp³-hybridized carbons (Fsp3) is 0.875. The Balaban J connectivity index is 2.46. The van der Waals surface area contributed by atoms with Crippen molar-refractivity contribution < 1.29 is 9.53 Å². The molecule has 70 valence electrons. The van der Waals surface area contributed by atoms with Crippen LogP contribution in [0.25, 0.3) is 0 Å². The summed E-state index contributed by atoms with van der Waals surface area (Å²) in [6.07, 6.45) is 0. The number of amides is 1. The van der Waals surface area contributed by atoms with Crippen molar-refractivity contribution in [3.8, 4) is 0 Å². The Morgan fingerprint density at radius 1 is 1.67 bits per heavy atom. The molecule has 0 saturated carbocycles. The van der Waals surface area contributed by atoms with Gasteiger partial charge >= 0.3 is 0 Å². The summed E-state index contributed by atoms with van der Waals surface area (Å²) in [6.45, 7) is 5.73. The summed E-state index contributed by atoms with van der Waals surface area (Å²) in [4.78, 5) is 13.3. The Bertz CT molecular complexity index is 172. The number of thiol groups is 1. The number of carbonyl (C=O) groups is 1. The average molecular weight is 189 g/mol. The molecular formula is C8H15NO2S. The number of hydrogen-bond acceptors (Lipinski definition) is 3. The Hall–Kier alpha value is -0.220. The molecule has 1 aliphatic heterocycles. The van der Waals surface area contributed by atoms with Crippen LogP contribution in [0.1, 0.15) is 13.8 Å². The molecule has 1 heterocycles. The first-order chi connectivity index (χ1) is 5.61. The number of nitrogens with zero attached hydrogens (tertiary/aromatic N) is 1. The van der Waals surface area contributed by atoms with Crippen molar-refractivity contribution in [3.63, 3.8) is 0 Å². The zero-order valence-electron chi connectivity index (χ0n) is 7.49. The van der Waals surface area contributed by atoms with E-state index in [-0.39, 0.29) is 17.3 Å². The van der Waals surface area contributed by atoms with Gasteiger partial charge in [-0.2, -0.15) is 0 Å². The number of rotatable bonds is 1. The van der Waals surface area contributed by atoms with Crippen molar-refractivity contribution >= 4 is 18.5 Å². The first-order valence-corrected chi connectivity index (χ1v) is 4.71. The molecule has 3 nitrogen and oxygen atoms in total. The van der Waals surface area contributed by atoms with Crippen LogP contribution >= 0.6 is 12.6 Å². The van der Waals surface area contributed by atoms with Crippen LogP contribution in [0.3, 0.4) is 0 Å². The van der Waals surface area contributed by atoms with E-state index in [0.717, 1.165) is 0 Å². The van der Waals surface area contributed by atoms with Crippen LogP contribution in [0.15, 0.2) is 0 Å². The number of morpholine rings is 1. The standard InChI is InChI=1S/C8H15NO2S/c1-6(2)8(10)9-3-4-11-7(12)5-9/h6-7,12H,3-5H2,1-2H3. The van der Waals surface area contributed by atoms with Gasteiger partial charge in [0.25, 0.3) is 0 Å². The lowest BCUT2D eigenvalue weighted by molar-refractivity contribution is -0.139. The molecule has 0 aromatic rings. The Kier molecular flexibility index (Phi) is 3.40. The molecule has 1 fully saturated rings. The fourth-order valence-corrected chi connectivity index (χ4v) is 1.50. The predicted octanol–water partition coefficient (Wildman–Crippen LogP) is 0.757. The summed E-state index contributed by atoms with van der Waals surface area (Å²) in [7, 11) is 0. The summed E-state index contributed by atoms with van der Waals surface area (Å²) in [6, 6.07) is 0.